The first-order chi connectivity index (χ1) is 24.2. The topological polar surface area (TPSA) is 338 Å². The van der Waals surface area contributed by atoms with Gasteiger partial charge in [0.2, 0.25) is 10.4 Å². The molecule has 23 nitrogen and oxygen atoms in total. The minimum Gasteiger partial charge on any atom is -1.00 e. The largest absolute Gasteiger partial charge is 1.00 e. The standard InChI is InChI=1S/C24H22N8O15S4.ClH.4Na/c1-42-24-28-22(27-23(29-24)32-6-2-3-13(12-32)21(33)34)26-16-10-15(25)20(49-47-45-36)11-17(16)30-31-18-9-14(4-5-19(18)48-46-44-35)50(37,38)8-7-43-51(39,40)41;;;;;/h2-6,9-12H,7-8H2,1H3,(H6-,25,26,27,28,29,31,33,34,35,36,39,40,41);1H;;;;/q;;4*+1/p-4. The zero-order valence-electron chi connectivity index (χ0n) is 29.5. The smallest absolute Gasteiger partial charge is 1.00 e. The van der Waals surface area contributed by atoms with E-state index in [4.69, 9.17) is 10.5 Å². The number of nitrogens with two attached hydrogens (primary N) is 1. The number of hydrogen-bond acceptors (Lipinski definition) is 24. The molecule has 4 rings (SSSR count). The fourth-order valence-corrected chi connectivity index (χ4v) is 6.03. The van der Waals surface area contributed by atoms with Crippen LogP contribution in [0.5, 0.6) is 6.01 Å². The molecule has 0 aliphatic rings. The van der Waals surface area contributed by atoms with E-state index in [0.29, 0.717) is 24.1 Å². The predicted molar refractivity (Wildman–Crippen MR) is 161 cm³/mol. The summed E-state index contributed by atoms with van der Waals surface area (Å²) >= 11 is 0.727. The molecule has 0 aliphatic carbocycles. The summed E-state index contributed by atoms with van der Waals surface area (Å²) in [5.41, 5.74) is 5.63. The first kappa shape index (κ1) is 57.7. The van der Waals surface area contributed by atoms with Crippen molar-refractivity contribution in [1.82, 2.24) is 15.0 Å². The number of aromatic nitrogens is 4. The Hall–Kier alpha value is -0.360. The fourth-order valence-electron chi connectivity index (χ4n) is 3.70. The summed E-state index contributed by atoms with van der Waals surface area (Å²) < 4.78 is 77.0. The van der Waals surface area contributed by atoms with Crippen molar-refractivity contribution in [3.63, 3.8) is 0 Å². The molecule has 0 spiro atoms. The molecule has 2 aromatic carbocycles. The second-order valence-electron chi connectivity index (χ2n) is 9.08. The first-order valence-corrected chi connectivity index (χ1v) is 17.6. The Morgan fingerprint density at radius 1 is 0.929 bits per heavy atom. The van der Waals surface area contributed by atoms with Gasteiger partial charge in [-0.25, -0.2) is 21.4 Å². The molecule has 0 radical (unpaired) electrons. The van der Waals surface area contributed by atoms with Gasteiger partial charge < -0.3 is 53.2 Å². The summed E-state index contributed by atoms with van der Waals surface area (Å²) in [5.74, 6) is -2.67. The van der Waals surface area contributed by atoms with Crippen molar-refractivity contribution in [2.24, 2.45) is 10.2 Å². The third-order valence-corrected chi connectivity index (χ3v) is 9.30. The van der Waals surface area contributed by atoms with Crippen LogP contribution in [0.4, 0.5) is 28.7 Å². The zero-order chi connectivity index (χ0) is 37.2. The van der Waals surface area contributed by atoms with E-state index in [-0.39, 0.29) is 187 Å². The number of carbonyl (C=O) groups is 1. The molecule has 4 aromatic rings. The van der Waals surface area contributed by atoms with Crippen molar-refractivity contribution < 1.29 is 205 Å². The van der Waals surface area contributed by atoms with Crippen molar-refractivity contribution in [3.8, 4) is 12.0 Å². The van der Waals surface area contributed by atoms with Crippen LogP contribution >= 0.6 is 24.1 Å². The molecule has 0 saturated carbocycles. The van der Waals surface area contributed by atoms with Crippen molar-refractivity contribution in [2.45, 2.75) is 14.7 Å². The number of nitrogens with zero attached hydrogens (tertiary/aromatic N) is 6. The number of pyridine rings is 1. The van der Waals surface area contributed by atoms with E-state index in [1.807, 2.05) is 0 Å². The minimum absolute atomic E-state index is 0. The molecule has 3 N–H and O–H groups in total. The van der Waals surface area contributed by atoms with Crippen molar-refractivity contribution in [2.75, 3.05) is 30.5 Å². The molecular weight excluding hydrogens is 896 g/mol. The van der Waals surface area contributed by atoms with Crippen molar-refractivity contribution in [1.29, 1.82) is 0 Å². The van der Waals surface area contributed by atoms with Gasteiger partial charge in [0.1, 0.15) is 11.4 Å². The van der Waals surface area contributed by atoms with Crippen LogP contribution in [0.3, 0.4) is 0 Å². The van der Waals surface area contributed by atoms with Gasteiger partial charge in [0, 0.05) is 11.3 Å². The molecule has 0 saturated heterocycles. The fraction of sp³-hybridized carbons (Fsp3) is 0.125. The SMILES string of the molecule is COc1nc(Nc2cc(N)c(SOO[O-])cc2N=Nc2cc(S(=O)(=O)CCOS(=O)(=O)[O-])ccc2SOO[O-])nc(-[n+]2cccc(C(=O)[O-])c2)n1.[Cl-].[Na+].[Na+].[Na+].[Na+]. The molecule has 56 heavy (non-hydrogen) atoms. The van der Waals surface area contributed by atoms with Gasteiger partial charge in [-0.1, -0.05) is 0 Å². The summed E-state index contributed by atoms with van der Waals surface area (Å²) in [4.78, 5) is 23.5. The maximum absolute atomic E-state index is 12.8. The van der Waals surface area contributed by atoms with E-state index in [1.54, 1.807) is 0 Å². The predicted octanol–water partition coefficient (Wildman–Crippen LogP) is -16.0. The average Bonchev–Trinajstić information content (AvgIpc) is 3.09. The number of rotatable bonds is 18. The number of carboxylic acids is 1. The van der Waals surface area contributed by atoms with Gasteiger partial charge in [0.15, 0.2) is 9.84 Å². The summed E-state index contributed by atoms with van der Waals surface area (Å²) in [5, 5.41) is 50.1. The Balaban J connectivity index is 0. The maximum Gasteiger partial charge on any atom is 1.00 e. The van der Waals surface area contributed by atoms with E-state index in [9.17, 15) is 41.8 Å². The van der Waals surface area contributed by atoms with E-state index in [2.05, 4.69) is 53.4 Å². The normalized spacial score (nSPS) is 10.9. The monoisotopic (exact) mass is 914 g/mol. The van der Waals surface area contributed by atoms with E-state index >= 15 is 0 Å². The van der Waals surface area contributed by atoms with Crippen molar-refractivity contribution >= 4 is 79.0 Å². The molecular formula is C24H19ClN8Na4O15S4. The Morgan fingerprint density at radius 2 is 1.57 bits per heavy atom. The number of carbonyl (C=O) groups excluding carboxylic acids is 1. The molecule has 0 unspecified atom stereocenters. The van der Waals surface area contributed by atoms with Gasteiger partial charge in [-0.3, -0.25) is 14.3 Å². The van der Waals surface area contributed by atoms with E-state index < -0.39 is 43.5 Å². The van der Waals surface area contributed by atoms with Gasteiger partial charge in [0.05, 0.1) is 82.3 Å². The van der Waals surface area contributed by atoms with Crippen LogP contribution in [0.1, 0.15) is 10.4 Å². The number of nitrogen functional groups attached to an aromatic ring is 1. The van der Waals surface area contributed by atoms with Gasteiger partial charge in [-0.2, -0.15) is 8.67 Å². The van der Waals surface area contributed by atoms with E-state index in [0.717, 1.165) is 18.2 Å². The van der Waals surface area contributed by atoms with Crippen molar-refractivity contribution in [3.05, 3.63) is 60.4 Å². The minimum atomic E-state index is -5.16. The number of hydrogen-bond donors (Lipinski definition) is 2. The van der Waals surface area contributed by atoms with Crippen LogP contribution in [0.25, 0.3) is 5.95 Å². The third-order valence-electron chi connectivity index (χ3n) is 5.87. The molecule has 280 valence electrons. The number of carboxylic acid groups (broad SMARTS) is 1. The molecule has 0 fully saturated rings. The Kier molecular flexibility index (Phi) is 28.3. The van der Waals surface area contributed by atoms with Gasteiger partial charge in [-0.15, -0.1) is 15.2 Å². The van der Waals surface area contributed by atoms with Crippen LogP contribution < -0.4 is 167 Å². The molecule has 2 heterocycles. The Morgan fingerprint density at radius 3 is 2.18 bits per heavy atom. The second kappa shape index (κ2) is 27.5. The van der Waals surface area contributed by atoms with Crippen LogP contribution in [-0.4, -0.2) is 61.8 Å². The number of nitrogens with one attached hydrogen (secondary N) is 1. The van der Waals surface area contributed by atoms with Crippen LogP contribution in [-0.2, 0) is 43.2 Å². The molecule has 0 atom stereocenters. The van der Waals surface area contributed by atoms with Gasteiger partial charge in [-0.05, 0) is 52.4 Å². The number of ether oxygens (including phenoxy) is 1. The number of aromatic carboxylic acids is 1. The maximum atomic E-state index is 12.8. The number of benzene rings is 2. The summed E-state index contributed by atoms with van der Waals surface area (Å²) in [7, 11) is -8.18. The van der Waals surface area contributed by atoms with Crippen LogP contribution in [0.15, 0.2) is 79.8 Å². The van der Waals surface area contributed by atoms with Crippen LogP contribution in [0.2, 0.25) is 0 Å². The average molecular weight is 915 g/mol. The number of azo groups is 1. The number of halogens is 1. The number of sulfone groups is 1. The quantitative estimate of drug-likeness (QED) is 0.0108. The summed E-state index contributed by atoms with van der Waals surface area (Å²) in [6, 6.07) is 8.23. The van der Waals surface area contributed by atoms with Gasteiger partial charge >= 0.3 is 136 Å². The molecule has 32 heteroatoms. The number of anilines is 3. The molecule has 0 aliphatic heterocycles. The molecule has 2 aromatic heterocycles. The Labute approximate surface area is 420 Å². The first-order valence-electron chi connectivity index (χ1n) is 13.1. The molecule has 0 bridgehead atoms. The zero-order valence-corrected chi connectivity index (χ0v) is 41.5. The van der Waals surface area contributed by atoms with Gasteiger partial charge in [0.25, 0.3) is 0 Å². The van der Waals surface area contributed by atoms with E-state index in [1.165, 1.54) is 48.3 Å². The Bertz CT molecular complexity index is 2170. The molecule has 0 amide bonds. The van der Waals surface area contributed by atoms with Crippen LogP contribution in [0, 0.1) is 0 Å². The summed E-state index contributed by atoms with van der Waals surface area (Å²) in [6.07, 6.45) is 2.62. The summed E-state index contributed by atoms with van der Waals surface area (Å²) in [6.45, 7) is -0.977. The number of methoxy groups -OCH3 is 1. The third kappa shape index (κ3) is 17.7. The second-order valence-corrected chi connectivity index (χ2v) is 13.7.